The molecule has 1 aliphatic rings. The molecule has 0 radical (unpaired) electrons. The van der Waals surface area contributed by atoms with E-state index in [9.17, 15) is 9.59 Å². The Kier molecular flexibility index (Phi) is 3.65. The number of rotatable bonds is 4. The van der Waals surface area contributed by atoms with E-state index in [0.717, 1.165) is 24.8 Å². The summed E-state index contributed by atoms with van der Waals surface area (Å²) in [5.74, 6) is -0.307. The molecule has 0 aliphatic carbocycles. The van der Waals surface area contributed by atoms with Crippen molar-refractivity contribution in [3.8, 4) is 0 Å². The maximum atomic E-state index is 12.2. The van der Waals surface area contributed by atoms with E-state index < -0.39 is 0 Å². The Hall–Kier alpha value is -1.84. The number of imide groups is 1. The summed E-state index contributed by atoms with van der Waals surface area (Å²) in [4.78, 5) is 25.5. The van der Waals surface area contributed by atoms with Crippen LogP contribution in [-0.2, 0) is 11.2 Å². The van der Waals surface area contributed by atoms with E-state index in [1.54, 1.807) is 18.2 Å². The Morgan fingerprint density at radius 3 is 2.78 bits per heavy atom. The third-order valence-electron chi connectivity index (χ3n) is 3.24. The van der Waals surface area contributed by atoms with Crippen molar-refractivity contribution in [3.63, 3.8) is 0 Å². The van der Waals surface area contributed by atoms with Crippen LogP contribution in [0.3, 0.4) is 0 Å². The summed E-state index contributed by atoms with van der Waals surface area (Å²) in [5.41, 5.74) is 7.61. The molecule has 1 aromatic carbocycles. The topological polar surface area (TPSA) is 63.4 Å². The molecule has 2 rings (SSSR count). The number of fused-ring (bicyclic) bond motifs is 1. The van der Waals surface area contributed by atoms with Crippen LogP contribution in [0.15, 0.2) is 18.2 Å². The Labute approximate surface area is 107 Å². The van der Waals surface area contributed by atoms with Crippen LogP contribution < -0.4 is 5.73 Å². The fraction of sp³-hybridized carbons (Fsp3) is 0.429. The van der Waals surface area contributed by atoms with Crippen molar-refractivity contribution in [3.05, 3.63) is 29.3 Å². The maximum absolute atomic E-state index is 12.2. The summed E-state index contributed by atoms with van der Waals surface area (Å²) in [6, 6.07) is 5.16. The number of hydrogen-bond acceptors (Lipinski definition) is 3. The molecule has 1 aromatic rings. The zero-order chi connectivity index (χ0) is 13.1. The van der Waals surface area contributed by atoms with Crippen molar-refractivity contribution in [1.29, 1.82) is 0 Å². The van der Waals surface area contributed by atoms with Gasteiger partial charge in [0.1, 0.15) is 0 Å². The highest BCUT2D eigenvalue weighted by molar-refractivity contribution is 6.10. The first kappa shape index (κ1) is 12.6. The lowest BCUT2D eigenvalue weighted by Gasteiger charge is -2.27. The van der Waals surface area contributed by atoms with Gasteiger partial charge in [-0.25, -0.2) is 0 Å². The van der Waals surface area contributed by atoms with Gasteiger partial charge in [-0.15, -0.1) is 0 Å². The van der Waals surface area contributed by atoms with E-state index in [0.29, 0.717) is 24.2 Å². The predicted molar refractivity (Wildman–Crippen MR) is 70.1 cm³/mol. The molecule has 0 saturated heterocycles. The van der Waals surface area contributed by atoms with Crippen LogP contribution >= 0.6 is 0 Å². The van der Waals surface area contributed by atoms with E-state index in [1.165, 1.54) is 4.90 Å². The van der Waals surface area contributed by atoms with Crippen molar-refractivity contribution in [1.82, 2.24) is 4.90 Å². The van der Waals surface area contributed by atoms with Crippen LogP contribution in [0.2, 0.25) is 0 Å². The van der Waals surface area contributed by atoms with Crippen LogP contribution in [0.4, 0.5) is 5.69 Å². The Balaban J connectivity index is 2.21. The zero-order valence-electron chi connectivity index (χ0n) is 10.6. The van der Waals surface area contributed by atoms with E-state index in [-0.39, 0.29) is 11.8 Å². The number of nitrogen functional groups attached to an aromatic ring is 1. The number of unbranched alkanes of at least 4 members (excludes halogenated alkanes) is 2. The third-order valence-corrected chi connectivity index (χ3v) is 3.24. The quantitative estimate of drug-likeness (QED) is 0.502. The molecule has 0 fully saturated rings. The Morgan fingerprint density at radius 1 is 1.28 bits per heavy atom. The van der Waals surface area contributed by atoms with E-state index in [1.807, 2.05) is 0 Å². The lowest BCUT2D eigenvalue weighted by Crippen LogP contribution is -2.42. The van der Waals surface area contributed by atoms with Gasteiger partial charge in [0.05, 0.1) is 6.42 Å². The molecule has 0 saturated carbocycles. The normalized spacial score (nSPS) is 14.8. The second-order valence-corrected chi connectivity index (χ2v) is 4.65. The molecule has 2 N–H and O–H groups in total. The smallest absolute Gasteiger partial charge is 0.260 e. The summed E-state index contributed by atoms with van der Waals surface area (Å²) in [6.07, 6.45) is 3.26. The second-order valence-electron chi connectivity index (χ2n) is 4.65. The zero-order valence-corrected chi connectivity index (χ0v) is 10.6. The molecule has 2 amide bonds. The number of nitrogens with zero attached hydrogens (tertiary/aromatic N) is 1. The fourth-order valence-electron chi connectivity index (χ4n) is 2.21. The first-order valence-electron chi connectivity index (χ1n) is 6.36. The summed E-state index contributed by atoms with van der Waals surface area (Å²) in [7, 11) is 0. The van der Waals surface area contributed by atoms with Crippen molar-refractivity contribution < 1.29 is 9.59 Å². The number of benzene rings is 1. The first-order chi connectivity index (χ1) is 8.63. The van der Waals surface area contributed by atoms with Crippen LogP contribution in [0.25, 0.3) is 0 Å². The molecule has 4 nitrogen and oxygen atoms in total. The Bertz CT molecular complexity index is 483. The van der Waals surface area contributed by atoms with Gasteiger partial charge in [-0.3, -0.25) is 14.5 Å². The molecular formula is C14H18N2O2. The van der Waals surface area contributed by atoms with Crippen LogP contribution in [0, 0.1) is 0 Å². The van der Waals surface area contributed by atoms with Crippen LogP contribution in [0.1, 0.15) is 42.1 Å². The van der Waals surface area contributed by atoms with E-state index >= 15 is 0 Å². The summed E-state index contributed by atoms with van der Waals surface area (Å²) in [6.45, 7) is 2.61. The van der Waals surface area contributed by atoms with Gasteiger partial charge in [0.15, 0.2) is 0 Å². The van der Waals surface area contributed by atoms with E-state index in [4.69, 9.17) is 5.73 Å². The largest absolute Gasteiger partial charge is 0.399 e. The average Bonchev–Trinajstić information content (AvgIpc) is 2.35. The van der Waals surface area contributed by atoms with Gasteiger partial charge in [-0.05, 0) is 24.1 Å². The molecular weight excluding hydrogens is 228 g/mol. The van der Waals surface area contributed by atoms with Crippen molar-refractivity contribution >= 4 is 17.5 Å². The maximum Gasteiger partial charge on any atom is 0.260 e. The lowest BCUT2D eigenvalue weighted by molar-refractivity contribution is -0.128. The number of carbonyl (C=O) groups is 2. The molecule has 96 valence electrons. The van der Waals surface area contributed by atoms with Gasteiger partial charge >= 0.3 is 0 Å². The summed E-state index contributed by atoms with van der Waals surface area (Å²) in [5, 5.41) is 0. The highest BCUT2D eigenvalue weighted by Gasteiger charge is 2.30. The van der Waals surface area contributed by atoms with Crippen molar-refractivity contribution in [2.24, 2.45) is 0 Å². The molecule has 0 spiro atoms. The number of anilines is 1. The third kappa shape index (κ3) is 2.37. The second kappa shape index (κ2) is 5.21. The predicted octanol–water partition coefficient (Wildman–Crippen LogP) is 1.98. The summed E-state index contributed by atoms with van der Waals surface area (Å²) < 4.78 is 0. The SMILES string of the molecule is CCCCCN1C(=O)Cc2ccc(N)cc2C1=O. The van der Waals surface area contributed by atoms with Crippen molar-refractivity contribution in [2.45, 2.75) is 32.6 Å². The van der Waals surface area contributed by atoms with Crippen LogP contribution in [0.5, 0.6) is 0 Å². The molecule has 0 unspecified atom stereocenters. The minimum absolute atomic E-state index is 0.103. The van der Waals surface area contributed by atoms with Crippen LogP contribution in [-0.4, -0.2) is 23.3 Å². The van der Waals surface area contributed by atoms with Gasteiger partial charge in [0.2, 0.25) is 5.91 Å². The van der Waals surface area contributed by atoms with Gasteiger partial charge in [0, 0.05) is 17.8 Å². The minimum atomic E-state index is -0.204. The highest BCUT2D eigenvalue weighted by Crippen LogP contribution is 2.22. The molecule has 0 atom stereocenters. The minimum Gasteiger partial charge on any atom is -0.399 e. The monoisotopic (exact) mass is 246 g/mol. The average molecular weight is 246 g/mol. The summed E-state index contributed by atoms with van der Waals surface area (Å²) >= 11 is 0. The highest BCUT2D eigenvalue weighted by atomic mass is 16.2. The Morgan fingerprint density at radius 2 is 2.06 bits per heavy atom. The van der Waals surface area contributed by atoms with Gasteiger partial charge in [-0.1, -0.05) is 25.8 Å². The molecule has 18 heavy (non-hydrogen) atoms. The number of amides is 2. The molecule has 1 heterocycles. The number of nitrogens with two attached hydrogens (primary N) is 1. The first-order valence-corrected chi connectivity index (χ1v) is 6.36. The lowest BCUT2D eigenvalue weighted by atomic mass is 9.97. The number of hydrogen-bond donors (Lipinski definition) is 1. The molecule has 1 aliphatic heterocycles. The van der Waals surface area contributed by atoms with E-state index in [2.05, 4.69) is 6.92 Å². The fourth-order valence-corrected chi connectivity index (χ4v) is 2.21. The van der Waals surface area contributed by atoms with Gasteiger partial charge in [-0.2, -0.15) is 0 Å². The molecule has 0 bridgehead atoms. The molecule has 4 heteroatoms. The standard InChI is InChI=1S/C14H18N2O2/c1-2-3-4-7-16-13(17)8-10-5-6-11(15)9-12(10)14(16)18/h5-6,9H,2-4,7-8,15H2,1H3. The number of carbonyl (C=O) groups excluding carboxylic acids is 2. The van der Waals surface area contributed by atoms with Gasteiger partial charge in [0.25, 0.3) is 5.91 Å². The van der Waals surface area contributed by atoms with Crippen molar-refractivity contribution in [2.75, 3.05) is 12.3 Å². The van der Waals surface area contributed by atoms with Gasteiger partial charge < -0.3 is 5.73 Å². The molecule has 0 aromatic heterocycles.